The van der Waals surface area contributed by atoms with E-state index in [0.717, 1.165) is 6.54 Å². The van der Waals surface area contributed by atoms with Gasteiger partial charge in [0, 0.05) is 24.9 Å². The van der Waals surface area contributed by atoms with Gasteiger partial charge in [-0.1, -0.05) is 18.8 Å². The van der Waals surface area contributed by atoms with E-state index in [-0.39, 0.29) is 5.92 Å². The van der Waals surface area contributed by atoms with Gasteiger partial charge < -0.3 is 15.1 Å². The maximum Gasteiger partial charge on any atom is 0.130 e. The third kappa shape index (κ3) is 3.21. The minimum atomic E-state index is -1.04. The summed E-state index contributed by atoms with van der Waals surface area (Å²) in [5.41, 5.74) is -2.01. The van der Waals surface area contributed by atoms with Crippen molar-refractivity contribution in [3.8, 4) is 11.8 Å². The number of likely N-dealkylation sites (tertiary alicyclic amines) is 1. The summed E-state index contributed by atoms with van der Waals surface area (Å²) in [5, 5.41) is 20.1. The Labute approximate surface area is 98.5 Å². The molecule has 3 atom stereocenters. The van der Waals surface area contributed by atoms with Gasteiger partial charge in [0.15, 0.2) is 0 Å². The van der Waals surface area contributed by atoms with Gasteiger partial charge >= 0.3 is 0 Å². The highest BCUT2D eigenvalue weighted by atomic mass is 16.3. The Balaban J connectivity index is 2.87. The molecule has 92 valence electrons. The molecule has 3 heteroatoms. The molecule has 3 unspecified atom stereocenters. The lowest BCUT2D eigenvalue weighted by Gasteiger charge is -2.43. The van der Waals surface area contributed by atoms with Crippen molar-refractivity contribution in [2.24, 2.45) is 5.92 Å². The van der Waals surface area contributed by atoms with Crippen molar-refractivity contribution in [2.75, 3.05) is 13.6 Å². The van der Waals surface area contributed by atoms with Crippen LogP contribution in [0.25, 0.3) is 0 Å². The number of rotatable bonds is 0. The summed E-state index contributed by atoms with van der Waals surface area (Å²) in [7, 11) is 2.06. The molecule has 1 aliphatic rings. The topological polar surface area (TPSA) is 43.7 Å². The maximum absolute atomic E-state index is 10.5. The van der Waals surface area contributed by atoms with Crippen LogP contribution in [-0.4, -0.2) is 45.9 Å². The smallest absolute Gasteiger partial charge is 0.130 e. The summed E-state index contributed by atoms with van der Waals surface area (Å²) in [6, 6.07) is 0.317. The number of hydrogen-bond acceptors (Lipinski definition) is 3. The van der Waals surface area contributed by atoms with Gasteiger partial charge in [0.2, 0.25) is 0 Å². The van der Waals surface area contributed by atoms with Crippen LogP contribution >= 0.6 is 0 Å². The monoisotopic (exact) mass is 225 g/mol. The molecule has 1 rings (SSSR count). The summed E-state index contributed by atoms with van der Waals surface area (Å²) >= 11 is 0. The quantitative estimate of drug-likeness (QED) is 0.601. The number of nitrogens with zero attached hydrogens (tertiary/aromatic N) is 1. The van der Waals surface area contributed by atoms with Crippen molar-refractivity contribution in [3.63, 3.8) is 0 Å². The molecule has 0 aliphatic carbocycles. The van der Waals surface area contributed by atoms with Crippen LogP contribution in [0.15, 0.2) is 0 Å². The van der Waals surface area contributed by atoms with Crippen LogP contribution in [0.2, 0.25) is 0 Å². The molecule has 1 fully saturated rings. The first kappa shape index (κ1) is 13.5. The molecule has 0 saturated carbocycles. The summed E-state index contributed by atoms with van der Waals surface area (Å²) in [4.78, 5) is 2.23. The second-order valence-electron chi connectivity index (χ2n) is 5.63. The van der Waals surface area contributed by atoms with Crippen molar-refractivity contribution >= 4 is 0 Å². The second kappa shape index (κ2) is 4.37. The molecule has 1 aliphatic heterocycles. The van der Waals surface area contributed by atoms with E-state index >= 15 is 0 Å². The largest absolute Gasteiger partial charge is 0.378 e. The first-order valence-corrected chi connectivity index (χ1v) is 5.83. The predicted octanol–water partition coefficient (Wildman–Crippen LogP) is 0.852. The number of aliphatic hydroxyl groups is 2. The van der Waals surface area contributed by atoms with Gasteiger partial charge in [-0.25, -0.2) is 0 Å². The third-order valence-electron chi connectivity index (χ3n) is 3.32. The second-order valence-corrected chi connectivity index (χ2v) is 5.63. The summed E-state index contributed by atoms with van der Waals surface area (Å²) < 4.78 is 0. The van der Waals surface area contributed by atoms with Crippen LogP contribution < -0.4 is 0 Å². The van der Waals surface area contributed by atoms with E-state index in [2.05, 4.69) is 30.7 Å². The molecule has 3 nitrogen and oxygen atoms in total. The molecule has 0 aromatic heterocycles. The molecule has 16 heavy (non-hydrogen) atoms. The van der Waals surface area contributed by atoms with E-state index in [4.69, 9.17) is 0 Å². The van der Waals surface area contributed by atoms with Gasteiger partial charge in [0.25, 0.3) is 0 Å². The van der Waals surface area contributed by atoms with E-state index < -0.39 is 11.2 Å². The first-order valence-electron chi connectivity index (χ1n) is 5.83. The van der Waals surface area contributed by atoms with Crippen LogP contribution in [0.5, 0.6) is 0 Å². The summed E-state index contributed by atoms with van der Waals surface area (Å²) in [6.07, 6.45) is 0.633. The molecule has 0 bridgehead atoms. The zero-order valence-corrected chi connectivity index (χ0v) is 10.9. The molecule has 0 spiro atoms. The van der Waals surface area contributed by atoms with Crippen molar-refractivity contribution < 1.29 is 10.2 Å². The Bertz CT molecular complexity index is 310. The average molecular weight is 225 g/mol. The zero-order chi connectivity index (χ0) is 12.6. The lowest BCUT2D eigenvalue weighted by molar-refractivity contribution is -0.0351. The summed E-state index contributed by atoms with van der Waals surface area (Å²) in [5.74, 6) is 5.70. The van der Waals surface area contributed by atoms with E-state index in [1.165, 1.54) is 0 Å². The van der Waals surface area contributed by atoms with Crippen LogP contribution in [0.3, 0.4) is 0 Å². The van der Waals surface area contributed by atoms with Gasteiger partial charge in [-0.05, 0) is 27.8 Å². The van der Waals surface area contributed by atoms with Crippen LogP contribution in [0.1, 0.15) is 34.1 Å². The van der Waals surface area contributed by atoms with E-state index in [1.54, 1.807) is 13.8 Å². The van der Waals surface area contributed by atoms with Crippen LogP contribution in [0, 0.1) is 17.8 Å². The molecule has 2 N–H and O–H groups in total. The van der Waals surface area contributed by atoms with Gasteiger partial charge in [0.05, 0.1) is 0 Å². The molecular formula is C13H23NO2. The lowest BCUT2D eigenvalue weighted by atomic mass is 9.79. The molecule has 0 radical (unpaired) electrons. The van der Waals surface area contributed by atoms with Crippen LogP contribution in [0.4, 0.5) is 0 Å². The Morgan fingerprint density at radius 3 is 2.44 bits per heavy atom. The Hall–Kier alpha value is -0.560. The minimum Gasteiger partial charge on any atom is -0.378 e. The van der Waals surface area contributed by atoms with Gasteiger partial charge in [-0.2, -0.15) is 0 Å². The normalized spacial score (nSPS) is 36.7. The molecule has 0 aromatic rings. The first-order chi connectivity index (χ1) is 7.14. The van der Waals surface area contributed by atoms with Gasteiger partial charge in [-0.15, -0.1) is 0 Å². The highest BCUT2D eigenvalue weighted by molar-refractivity contribution is 5.22. The standard InChI is InChI=1S/C13H23NO2/c1-10-9-14(5)11(2)8-13(10,16)7-6-12(3,4)15/h10-11,15-16H,8-9H2,1-5H3. The van der Waals surface area contributed by atoms with Crippen molar-refractivity contribution in [2.45, 2.75) is 51.4 Å². The van der Waals surface area contributed by atoms with Crippen molar-refractivity contribution in [3.05, 3.63) is 0 Å². The minimum absolute atomic E-state index is 0.101. The molecule has 1 saturated heterocycles. The van der Waals surface area contributed by atoms with Crippen LogP contribution in [-0.2, 0) is 0 Å². The SMILES string of the molecule is CC1CC(O)(C#CC(C)(C)O)C(C)CN1C. The maximum atomic E-state index is 10.5. The zero-order valence-electron chi connectivity index (χ0n) is 10.9. The van der Waals surface area contributed by atoms with Crippen molar-refractivity contribution in [1.82, 2.24) is 4.90 Å². The van der Waals surface area contributed by atoms with Gasteiger partial charge in [-0.3, -0.25) is 0 Å². The van der Waals surface area contributed by atoms with Crippen molar-refractivity contribution in [1.29, 1.82) is 0 Å². The molecular weight excluding hydrogens is 202 g/mol. The number of piperidine rings is 1. The fraction of sp³-hybridized carbons (Fsp3) is 0.846. The lowest BCUT2D eigenvalue weighted by Crippen LogP contribution is -2.52. The molecule has 0 amide bonds. The Morgan fingerprint density at radius 2 is 1.94 bits per heavy atom. The fourth-order valence-corrected chi connectivity index (χ4v) is 2.01. The average Bonchev–Trinajstić information content (AvgIpc) is 2.11. The van der Waals surface area contributed by atoms with E-state index in [1.807, 2.05) is 6.92 Å². The fourth-order valence-electron chi connectivity index (χ4n) is 2.01. The highest BCUT2D eigenvalue weighted by Gasteiger charge is 2.39. The Morgan fingerprint density at radius 1 is 1.38 bits per heavy atom. The highest BCUT2D eigenvalue weighted by Crippen LogP contribution is 2.30. The third-order valence-corrected chi connectivity index (χ3v) is 3.32. The Kier molecular flexibility index (Phi) is 3.69. The number of hydrogen-bond donors (Lipinski definition) is 2. The van der Waals surface area contributed by atoms with Gasteiger partial charge in [0.1, 0.15) is 11.2 Å². The van der Waals surface area contributed by atoms with E-state index in [0.29, 0.717) is 12.5 Å². The predicted molar refractivity (Wildman–Crippen MR) is 64.9 cm³/mol. The van der Waals surface area contributed by atoms with E-state index in [9.17, 15) is 10.2 Å². The molecule has 1 heterocycles. The molecule has 0 aromatic carbocycles. The summed E-state index contributed by atoms with van der Waals surface area (Å²) in [6.45, 7) is 8.18.